The minimum atomic E-state index is -0.451. The molecule has 27 heavy (non-hydrogen) atoms. The van der Waals surface area contributed by atoms with Gasteiger partial charge in [-0.1, -0.05) is 0 Å². The molecule has 1 amide bonds. The number of rotatable bonds is 8. The fourth-order valence-electron chi connectivity index (χ4n) is 3.31. The summed E-state index contributed by atoms with van der Waals surface area (Å²) in [6, 6.07) is 7.30. The van der Waals surface area contributed by atoms with Gasteiger partial charge >= 0.3 is 0 Å². The van der Waals surface area contributed by atoms with Gasteiger partial charge in [-0.25, -0.2) is 0 Å². The summed E-state index contributed by atoms with van der Waals surface area (Å²) >= 11 is 0. The summed E-state index contributed by atoms with van der Waals surface area (Å²) in [5, 5.41) is 10.0. The lowest BCUT2D eigenvalue weighted by atomic mass is 10.1. The number of amides is 1. The number of H-pyrrole nitrogens is 1. The number of hydrogen-bond donors (Lipinski definition) is 2. The molecule has 2 aromatic rings. The zero-order valence-electron chi connectivity index (χ0n) is 15.6. The van der Waals surface area contributed by atoms with Gasteiger partial charge in [0.1, 0.15) is 11.9 Å². The summed E-state index contributed by atoms with van der Waals surface area (Å²) in [5.74, 6) is 0.610. The number of aliphatic hydroxyl groups is 1. The second-order valence-electron chi connectivity index (χ2n) is 6.64. The van der Waals surface area contributed by atoms with Crippen molar-refractivity contribution >= 4 is 16.8 Å². The number of aliphatic hydroxyl groups excluding tert-OH is 1. The Balaban J connectivity index is 1.87. The average Bonchev–Trinajstić information content (AvgIpc) is 3.20. The Morgan fingerprint density at radius 2 is 2.26 bits per heavy atom. The Kier molecular flexibility index (Phi) is 6.47. The van der Waals surface area contributed by atoms with Crippen molar-refractivity contribution in [3.8, 4) is 5.75 Å². The van der Waals surface area contributed by atoms with Crippen molar-refractivity contribution in [1.29, 1.82) is 0 Å². The van der Waals surface area contributed by atoms with E-state index in [1.54, 1.807) is 11.0 Å². The number of fused-ring (bicyclic) bond motifs is 1. The maximum atomic E-state index is 12.8. The topological polar surface area (TPSA) is 91.9 Å². The summed E-state index contributed by atoms with van der Waals surface area (Å²) in [6.45, 7) is 3.61. The molecule has 7 heteroatoms. The van der Waals surface area contributed by atoms with E-state index in [9.17, 15) is 9.59 Å². The molecule has 0 saturated carbocycles. The third-order valence-electron chi connectivity index (χ3n) is 4.67. The van der Waals surface area contributed by atoms with E-state index in [0.717, 1.165) is 23.1 Å². The maximum absolute atomic E-state index is 12.8. The zero-order chi connectivity index (χ0) is 19.2. The second kappa shape index (κ2) is 9.01. The van der Waals surface area contributed by atoms with E-state index in [0.29, 0.717) is 38.2 Å². The minimum Gasteiger partial charge on any atom is -0.494 e. The fourth-order valence-corrected chi connectivity index (χ4v) is 3.31. The third kappa shape index (κ3) is 4.67. The van der Waals surface area contributed by atoms with Crippen molar-refractivity contribution in [3.05, 3.63) is 40.2 Å². The van der Waals surface area contributed by atoms with Crippen LogP contribution in [-0.2, 0) is 16.1 Å². The van der Waals surface area contributed by atoms with Crippen LogP contribution in [0.2, 0.25) is 0 Å². The van der Waals surface area contributed by atoms with Gasteiger partial charge in [0.15, 0.2) is 0 Å². The Bertz CT molecular complexity index is 842. The summed E-state index contributed by atoms with van der Waals surface area (Å²) in [5.41, 5.74) is 1.00. The first-order chi connectivity index (χ1) is 13.1. The van der Waals surface area contributed by atoms with Crippen molar-refractivity contribution < 1.29 is 19.4 Å². The van der Waals surface area contributed by atoms with Crippen LogP contribution in [0.25, 0.3) is 10.9 Å². The molecule has 2 heterocycles. The van der Waals surface area contributed by atoms with Gasteiger partial charge in [0.2, 0.25) is 0 Å². The Morgan fingerprint density at radius 1 is 1.41 bits per heavy atom. The Labute approximate surface area is 157 Å². The van der Waals surface area contributed by atoms with Gasteiger partial charge in [-0.3, -0.25) is 9.59 Å². The Morgan fingerprint density at radius 3 is 2.96 bits per heavy atom. The lowest BCUT2D eigenvalue weighted by Gasteiger charge is -2.25. The molecule has 1 aromatic carbocycles. The molecule has 0 aliphatic carbocycles. The van der Waals surface area contributed by atoms with Gasteiger partial charge in [0.05, 0.1) is 13.2 Å². The molecular formula is C20H26N2O5. The first kappa shape index (κ1) is 19.4. The van der Waals surface area contributed by atoms with Crippen LogP contribution in [0.1, 0.15) is 31.7 Å². The molecule has 1 fully saturated rings. The SMILES string of the molecule is CCOc1ccc2[nH]c(=O)c(CN(CCCO)C(=O)[C@@H]3CCCO3)cc2c1. The number of carbonyl (C=O) groups excluding carboxylic acids is 1. The van der Waals surface area contributed by atoms with E-state index in [4.69, 9.17) is 14.6 Å². The van der Waals surface area contributed by atoms with Crippen LogP contribution in [0.15, 0.2) is 29.1 Å². The van der Waals surface area contributed by atoms with Crippen molar-refractivity contribution in [2.75, 3.05) is 26.4 Å². The molecule has 0 bridgehead atoms. The van der Waals surface area contributed by atoms with Gasteiger partial charge < -0.3 is 24.5 Å². The Hall–Kier alpha value is -2.38. The minimum absolute atomic E-state index is 0.0128. The monoisotopic (exact) mass is 374 g/mol. The van der Waals surface area contributed by atoms with Crippen LogP contribution in [0.3, 0.4) is 0 Å². The van der Waals surface area contributed by atoms with E-state index in [2.05, 4.69) is 4.98 Å². The van der Waals surface area contributed by atoms with Crippen molar-refractivity contribution in [3.63, 3.8) is 0 Å². The van der Waals surface area contributed by atoms with Gasteiger partial charge in [-0.15, -0.1) is 0 Å². The third-order valence-corrected chi connectivity index (χ3v) is 4.67. The summed E-state index contributed by atoms with van der Waals surface area (Å²) in [7, 11) is 0. The molecule has 0 spiro atoms. The number of benzene rings is 1. The molecule has 1 atom stereocenters. The van der Waals surface area contributed by atoms with Crippen LogP contribution >= 0.6 is 0 Å². The van der Waals surface area contributed by atoms with Crippen molar-refractivity contribution in [1.82, 2.24) is 9.88 Å². The molecule has 1 saturated heterocycles. The average molecular weight is 374 g/mol. The van der Waals surface area contributed by atoms with Crippen LogP contribution < -0.4 is 10.3 Å². The van der Waals surface area contributed by atoms with Crippen molar-refractivity contribution in [2.45, 2.75) is 38.8 Å². The molecule has 1 aliphatic heterocycles. The highest BCUT2D eigenvalue weighted by Crippen LogP contribution is 2.21. The predicted octanol–water partition coefficient (Wildman–Crippen LogP) is 1.82. The van der Waals surface area contributed by atoms with Crippen LogP contribution in [0, 0.1) is 0 Å². The number of nitrogens with one attached hydrogen (secondary N) is 1. The smallest absolute Gasteiger partial charge is 0.253 e. The number of nitrogens with zero attached hydrogens (tertiary/aromatic N) is 1. The van der Waals surface area contributed by atoms with E-state index >= 15 is 0 Å². The van der Waals surface area contributed by atoms with Crippen LogP contribution in [0.5, 0.6) is 5.75 Å². The molecule has 7 nitrogen and oxygen atoms in total. The summed E-state index contributed by atoms with van der Waals surface area (Å²) in [4.78, 5) is 29.7. The molecular weight excluding hydrogens is 348 g/mol. The summed E-state index contributed by atoms with van der Waals surface area (Å²) < 4.78 is 11.0. The standard InChI is InChI=1S/C20H26N2O5/c1-2-26-16-6-7-17-14(12-16)11-15(19(24)21-17)13-22(8-4-9-23)20(25)18-5-3-10-27-18/h6-7,11-12,18,23H,2-5,8-10,13H2,1H3,(H,21,24)/t18-/m0/s1. The number of pyridine rings is 1. The normalized spacial score (nSPS) is 16.6. The lowest BCUT2D eigenvalue weighted by Crippen LogP contribution is -2.40. The molecule has 0 unspecified atom stereocenters. The van der Waals surface area contributed by atoms with Gasteiger partial charge in [0.25, 0.3) is 11.5 Å². The zero-order valence-corrected chi connectivity index (χ0v) is 15.6. The molecule has 146 valence electrons. The van der Waals surface area contributed by atoms with Gasteiger partial charge in [-0.2, -0.15) is 0 Å². The van der Waals surface area contributed by atoms with Crippen LogP contribution in [0.4, 0.5) is 0 Å². The number of hydrogen-bond acceptors (Lipinski definition) is 5. The first-order valence-electron chi connectivity index (χ1n) is 9.42. The molecule has 1 aliphatic rings. The number of aromatic nitrogens is 1. The molecule has 0 radical (unpaired) electrons. The van der Waals surface area contributed by atoms with Crippen molar-refractivity contribution in [2.24, 2.45) is 0 Å². The lowest BCUT2D eigenvalue weighted by molar-refractivity contribution is -0.141. The number of carbonyl (C=O) groups is 1. The van der Waals surface area contributed by atoms with Gasteiger partial charge in [-0.05, 0) is 50.5 Å². The van der Waals surface area contributed by atoms with E-state index in [1.807, 2.05) is 25.1 Å². The predicted molar refractivity (Wildman–Crippen MR) is 102 cm³/mol. The fraction of sp³-hybridized carbons (Fsp3) is 0.500. The first-order valence-corrected chi connectivity index (χ1v) is 9.42. The quantitative estimate of drug-likeness (QED) is 0.735. The second-order valence-corrected chi connectivity index (χ2v) is 6.64. The number of ether oxygens (including phenoxy) is 2. The largest absolute Gasteiger partial charge is 0.494 e. The number of aromatic amines is 1. The molecule has 3 rings (SSSR count). The van der Waals surface area contributed by atoms with E-state index < -0.39 is 6.10 Å². The summed E-state index contributed by atoms with van der Waals surface area (Å²) in [6.07, 6.45) is 1.56. The molecule has 1 aromatic heterocycles. The van der Waals surface area contributed by atoms with E-state index in [-0.39, 0.29) is 24.6 Å². The van der Waals surface area contributed by atoms with Crippen LogP contribution in [-0.4, -0.2) is 53.4 Å². The highest BCUT2D eigenvalue weighted by Gasteiger charge is 2.28. The van der Waals surface area contributed by atoms with Gasteiger partial charge in [0, 0.05) is 36.2 Å². The molecule has 2 N–H and O–H groups in total. The maximum Gasteiger partial charge on any atom is 0.253 e. The highest BCUT2D eigenvalue weighted by atomic mass is 16.5. The van der Waals surface area contributed by atoms with E-state index in [1.165, 1.54) is 0 Å². The highest BCUT2D eigenvalue weighted by molar-refractivity contribution is 5.82.